The van der Waals surface area contributed by atoms with E-state index >= 15 is 0 Å². The van der Waals surface area contributed by atoms with Gasteiger partial charge < -0.3 is 5.32 Å². The summed E-state index contributed by atoms with van der Waals surface area (Å²) in [5, 5.41) is 9.81. The Kier molecular flexibility index (Phi) is 2.40. The highest BCUT2D eigenvalue weighted by atomic mass is 32.1. The van der Waals surface area contributed by atoms with Crippen LogP contribution in [0.2, 0.25) is 0 Å². The van der Waals surface area contributed by atoms with Crippen molar-refractivity contribution in [3.8, 4) is 0 Å². The van der Waals surface area contributed by atoms with Gasteiger partial charge in [-0.05, 0) is 19.3 Å². The SMILES string of the molecule is O=C(Nc1cnns1)NC1CCC1. The van der Waals surface area contributed by atoms with Crippen LogP contribution in [0.25, 0.3) is 0 Å². The Labute approximate surface area is 79.7 Å². The summed E-state index contributed by atoms with van der Waals surface area (Å²) >= 11 is 1.17. The van der Waals surface area contributed by atoms with Crippen molar-refractivity contribution in [2.75, 3.05) is 5.32 Å². The second kappa shape index (κ2) is 3.69. The van der Waals surface area contributed by atoms with Crippen LogP contribution in [0.3, 0.4) is 0 Å². The molecule has 1 aliphatic rings. The molecule has 0 spiro atoms. The molecule has 2 amide bonds. The van der Waals surface area contributed by atoms with Gasteiger partial charge in [-0.25, -0.2) is 4.79 Å². The second-order valence-corrected chi connectivity index (χ2v) is 3.79. The van der Waals surface area contributed by atoms with E-state index in [-0.39, 0.29) is 6.03 Å². The maximum atomic E-state index is 11.2. The topological polar surface area (TPSA) is 66.9 Å². The van der Waals surface area contributed by atoms with Gasteiger partial charge in [-0.15, -0.1) is 5.10 Å². The third-order valence-electron chi connectivity index (χ3n) is 2.04. The number of carbonyl (C=O) groups excluding carboxylic acids is 1. The van der Waals surface area contributed by atoms with Gasteiger partial charge >= 0.3 is 6.03 Å². The molecule has 0 unspecified atom stereocenters. The Hall–Kier alpha value is -1.17. The van der Waals surface area contributed by atoms with E-state index in [9.17, 15) is 4.79 Å². The van der Waals surface area contributed by atoms with Gasteiger partial charge in [-0.1, -0.05) is 4.49 Å². The fraction of sp³-hybridized carbons (Fsp3) is 0.571. The van der Waals surface area contributed by atoms with Crippen LogP contribution in [0.15, 0.2) is 6.20 Å². The minimum Gasteiger partial charge on any atom is -0.335 e. The molecule has 1 heterocycles. The molecule has 0 radical (unpaired) electrons. The van der Waals surface area contributed by atoms with E-state index in [2.05, 4.69) is 20.2 Å². The summed E-state index contributed by atoms with van der Waals surface area (Å²) in [5.74, 6) is 0. The lowest BCUT2D eigenvalue weighted by molar-refractivity contribution is 0.240. The Morgan fingerprint density at radius 1 is 1.62 bits per heavy atom. The third kappa shape index (κ3) is 2.15. The number of nitrogens with one attached hydrogen (secondary N) is 2. The van der Waals surface area contributed by atoms with Gasteiger partial charge in [-0.3, -0.25) is 5.32 Å². The first-order valence-corrected chi connectivity index (χ1v) is 4.97. The van der Waals surface area contributed by atoms with Crippen LogP contribution in [0.5, 0.6) is 0 Å². The Balaban J connectivity index is 1.78. The van der Waals surface area contributed by atoms with Crippen molar-refractivity contribution in [2.45, 2.75) is 25.3 Å². The van der Waals surface area contributed by atoms with Crippen molar-refractivity contribution in [3.05, 3.63) is 6.20 Å². The van der Waals surface area contributed by atoms with E-state index in [0.29, 0.717) is 11.0 Å². The number of aromatic nitrogens is 2. The van der Waals surface area contributed by atoms with Gasteiger partial charge in [-0.2, -0.15) is 0 Å². The van der Waals surface area contributed by atoms with E-state index in [0.717, 1.165) is 12.8 Å². The van der Waals surface area contributed by atoms with Crippen molar-refractivity contribution in [2.24, 2.45) is 0 Å². The minimum absolute atomic E-state index is 0.157. The molecular formula is C7H10N4OS. The minimum atomic E-state index is -0.157. The lowest BCUT2D eigenvalue weighted by Gasteiger charge is -2.26. The number of urea groups is 1. The molecule has 1 aromatic rings. The van der Waals surface area contributed by atoms with E-state index in [1.165, 1.54) is 24.2 Å². The summed E-state index contributed by atoms with van der Waals surface area (Å²) in [5.41, 5.74) is 0. The van der Waals surface area contributed by atoms with Gasteiger partial charge in [0.05, 0.1) is 6.20 Å². The van der Waals surface area contributed by atoms with Gasteiger partial charge in [0, 0.05) is 17.6 Å². The largest absolute Gasteiger partial charge is 0.335 e. The van der Waals surface area contributed by atoms with E-state index < -0.39 is 0 Å². The number of rotatable bonds is 2. The second-order valence-electron chi connectivity index (χ2n) is 3.01. The van der Waals surface area contributed by atoms with Gasteiger partial charge in [0.1, 0.15) is 5.00 Å². The van der Waals surface area contributed by atoms with Crippen LogP contribution >= 0.6 is 11.5 Å². The molecule has 0 aliphatic heterocycles. The molecule has 0 atom stereocenters. The lowest BCUT2D eigenvalue weighted by Crippen LogP contribution is -2.41. The Morgan fingerprint density at radius 2 is 2.46 bits per heavy atom. The predicted octanol–water partition coefficient (Wildman–Crippen LogP) is 1.21. The quantitative estimate of drug-likeness (QED) is 0.750. The zero-order valence-electron chi connectivity index (χ0n) is 6.99. The molecule has 1 saturated carbocycles. The zero-order chi connectivity index (χ0) is 9.10. The number of hydrogen-bond acceptors (Lipinski definition) is 4. The van der Waals surface area contributed by atoms with Crippen LogP contribution < -0.4 is 10.6 Å². The smallest absolute Gasteiger partial charge is 0.320 e. The fourth-order valence-corrected chi connectivity index (χ4v) is 1.52. The van der Waals surface area contributed by atoms with E-state index in [4.69, 9.17) is 0 Å². The van der Waals surface area contributed by atoms with Crippen LogP contribution in [-0.2, 0) is 0 Å². The monoisotopic (exact) mass is 198 g/mol. The summed E-state index contributed by atoms with van der Waals surface area (Å²) in [6.45, 7) is 0. The number of carbonyl (C=O) groups is 1. The maximum Gasteiger partial charge on any atom is 0.320 e. The van der Waals surface area contributed by atoms with Gasteiger partial charge in [0.25, 0.3) is 0 Å². The number of hydrogen-bond donors (Lipinski definition) is 2. The fourth-order valence-electron chi connectivity index (χ4n) is 1.11. The molecule has 2 rings (SSSR count). The number of anilines is 1. The summed E-state index contributed by atoms with van der Waals surface area (Å²) < 4.78 is 3.64. The highest BCUT2D eigenvalue weighted by molar-refractivity contribution is 7.10. The molecule has 2 N–H and O–H groups in total. The molecule has 0 saturated heterocycles. The lowest BCUT2D eigenvalue weighted by atomic mass is 9.93. The van der Waals surface area contributed by atoms with E-state index in [1.807, 2.05) is 0 Å². The van der Waals surface area contributed by atoms with Crippen LogP contribution in [0.1, 0.15) is 19.3 Å². The summed E-state index contributed by atoms with van der Waals surface area (Å²) in [7, 11) is 0. The number of amides is 2. The normalized spacial score (nSPS) is 16.3. The standard InChI is InChI=1S/C7H10N4OS/c12-7(9-5-2-1-3-5)10-6-4-8-11-13-6/h4-5H,1-3H2,(H2,9,10,12). The highest BCUT2D eigenvalue weighted by Crippen LogP contribution is 2.18. The average Bonchev–Trinajstić information content (AvgIpc) is 2.49. The molecule has 0 aromatic carbocycles. The predicted molar refractivity (Wildman–Crippen MR) is 49.7 cm³/mol. The van der Waals surface area contributed by atoms with Crippen LogP contribution in [0, 0.1) is 0 Å². The molecule has 70 valence electrons. The highest BCUT2D eigenvalue weighted by Gasteiger charge is 2.19. The van der Waals surface area contributed by atoms with Gasteiger partial charge in [0.15, 0.2) is 0 Å². The first kappa shape index (κ1) is 8.43. The zero-order valence-corrected chi connectivity index (χ0v) is 7.80. The maximum absolute atomic E-state index is 11.2. The third-order valence-corrected chi connectivity index (χ3v) is 2.62. The summed E-state index contributed by atoms with van der Waals surface area (Å²) in [6, 6.07) is 0.205. The van der Waals surface area contributed by atoms with E-state index in [1.54, 1.807) is 0 Å². The summed E-state index contributed by atoms with van der Waals surface area (Å²) in [6.07, 6.45) is 4.93. The average molecular weight is 198 g/mol. The Bertz CT molecular complexity index is 283. The van der Waals surface area contributed by atoms with Crippen molar-refractivity contribution < 1.29 is 4.79 Å². The first-order valence-electron chi connectivity index (χ1n) is 4.19. The molecule has 1 aromatic heterocycles. The molecule has 1 aliphatic carbocycles. The van der Waals surface area contributed by atoms with Crippen LogP contribution in [-0.4, -0.2) is 21.7 Å². The molecular weight excluding hydrogens is 188 g/mol. The molecule has 13 heavy (non-hydrogen) atoms. The molecule has 5 nitrogen and oxygen atoms in total. The Morgan fingerprint density at radius 3 is 3.00 bits per heavy atom. The van der Waals surface area contributed by atoms with Gasteiger partial charge in [0.2, 0.25) is 0 Å². The molecule has 0 bridgehead atoms. The van der Waals surface area contributed by atoms with Crippen LogP contribution in [0.4, 0.5) is 9.80 Å². The van der Waals surface area contributed by atoms with Crippen molar-refractivity contribution >= 4 is 22.6 Å². The van der Waals surface area contributed by atoms with Crippen molar-refractivity contribution in [1.82, 2.24) is 14.9 Å². The first-order chi connectivity index (χ1) is 6.34. The van der Waals surface area contributed by atoms with Crippen molar-refractivity contribution in [3.63, 3.8) is 0 Å². The summed E-state index contributed by atoms with van der Waals surface area (Å²) in [4.78, 5) is 11.2. The molecule has 6 heteroatoms. The molecule has 1 fully saturated rings. The number of nitrogens with zero attached hydrogens (tertiary/aromatic N) is 2. The van der Waals surface area contributed by atoms with Crippen molar-refractivity contribution in [1.29, 1.82) is 0 Å².